The molecule has 2 amide bonds. The number of nitrogens with zero attached hydrogens (tertiary/aromatic N) is 1. The number of aliphatic hydroxyl groups is 7. The van der Waals surface area contributed by atoms with Gasteiger partial charge in [0.1, 0.15) is 6.10 Å². The number of amides is 2. The van der Waals surface area contributed by atoms with Crippen molar-refractivity contribution in [2.75, 3.05) is 39.4 Å². The van der Waals surface area contributed by atoms with E-state index < -0.39 is 62.6 Å². The third-order valence-corrected chi connectivity index (χ3v) is 4.54. The number of aliphatic hydroxyl groups excluding tert-OH is 7. The van der Waals surface area contributed by atoms with Crippen molar-refractivity contribution in [3.05, 3.63) is 0 Å². The van der Waals surface area contributed by atoms with Crippen LogP contribution >= 0.6 is 0 Å². The summed E-state index contributed by atoms with van der Waals surface area (Å²) in [5, 5.41) is 79.9. The zero-order valence-electron chi connectivity index (χ0n) is 17.7. The molecule has 10 N–H and O–H groups in total. The highest BCUT2D eigenvalue weighted by Gasteiger charge is 2.30. The molecule has 0 aromatic carbocycles. The Morgan fingerprint density at radius 2 is 1.55 bits per heavy atom. The summed E-state index contributed by atoms with van der Waals surface area (Å²) in [6.07, 6.45) is -7.93. The molecule has 5 atom stereocenters. The summed E-state index contributed by atoms with van der Waals surface area (Å²) in [5.74, 6) is -1.41. The molecule has 0 rings (SSSR count). The second-order valence-corrected chi connectivity index (χ2v) is 7.25. The maximum atomic E-state index is 11.9. The van der Waals surface area contributed by atoms with Gasteiger partial charge in [-0.2, -0.15) is 0 Å². The Bertz CT molecular complexity index is 517. The van der Waals surface area contributed by atoms with Crippen molar-refractivity contribution in [2.45, 2.75) is 56.6 Å². The van der Waals surface area contributed by atoms with Crippen molar-refractivity contribution in [3.63, 3.8) is 0 Å². The van der Waals surface area contributed by atoms with E-state index in [0.717, 1.165) is 0 Å². The van der Waals surface area contributed by atoms with Crippen molar-refractivity contribution < 1.29 is 50.4 Å². The minimum Gasteiger partial charge on any atom is -0.437 e. The molecule has 182 valence electrons. The van der Waals surface area contributed by atoms with Crippen molar-refractivity contribution in [3.8, 4) is 0 Å². The maximum Gasteiger partial charge on any atom is 0.376 e. The van der Waals surface area contributed by atoms with Crippen LogP contribution in [0.25, 0.3) is 0 Å². The van der Waals surface area contributed by atoms with Crippen LogP contribution in [-0.2, 0) is 9.59 Å². The number of hydrogen-bond donors (Lipinski definition) is 10. The summed E-state index contributed by atoms with van der Waals surface area (Å²) in [5.41, 5.74) is 0. The lowest BCUT2D eigenvalue weighted by molar-refractivity contribution is -0.141. The molecule has 0 aliphatic heterocycles. The van der Waals surface area contributed by atoms with Crippen LogP contribution in [0.15, 0.2) is 0 Å². The van der Waals surface area contributed by atoms with Crippen LogP contribution in [0.2, 0.25) is 6.82 Å². The van der Waals surface area contributed by atoms with Gasteiger partial charge in [-0.05, 0) is 13.2 Å². The van der Waals surface area contributed by atoms with Crippen LogP contribution in [0.3, 0.4) is 0 Å². The van der Waals surface area contributed by atoms with E-state index in [1.165, 1.54) is 11.6 Å². The topological polar surface area (TPSA) is 223 Å². The van der Waals surface area contributed by atoms with Crippen molar-refractivity contribution in [1.29, 1.82) is 0 Å². The molecule has 0 radical (unpaired) electrons. The average molecular weight is 453 g/mol. The van der Waals surface area contributed by atoms with Gasteiger partial charge in [-0.1, -0.05) is 0 Å². The van der Waals surface area contributed by atoms with E-state index >= 15 is 0 Å². The van der Waals surface area contributed by atoms with Crippen molar-refractivity contribution >= 4 is 18.9 Å². The molecule has 0 unspecified atom stereocenters. The summed E-state index contributed by atoms with van der Waals surface area (Å²) in [6, 6.07) is 0. The molecular weight excluding hydrogens is 417 g/mol. The van der Waals surface area contributed by atoms with Gasteiger partial charge in [0.25, 0.3) is 5.91 Å². The average Bonchev–Trinajstić information content (AvgIpc) is 2.70. The normalized spacial score (nSPS) is 16.3. The van der Waals surface area contributed by atoms with Gasteiger partial charge in [-0.25, -0.2) is 0 Å². The van der Waals surface area contributed by atoms with E-state index in [1.54, 1.807) is 0 Å². The predicted octanol–water partition coefficient (Wildman–Crippen LogP) is -5.41. The summed E-state index contributed by atoms with van der Waals surface area (Å²) < 4.78 is 0. The fourth-order valence-corrected chi connectivity index (χ4v) is 2.68. The quantitative estimate of drug-likeness (QED) is 0.0936. The maximum absolute atomic E-state index is 11.9. The van der Waals surface area contributed by atoms with Gasteiger partial charge in [0.15, 0.2) is 6.10 Å². The first-order chi connectivity index (χ1) is 14.5. The minimum atomic E-state index is -1.89. The molecule has 14 heteroatoms. The molecule has 0 heterocycles. The van der Waals surface area contributed by atoms with Gasteiger partial charge < -0.3 is 56.2 Å². The second kappa shape index (κ2) is 16.3. The van der Waals surface area contributed by atoms with Crippen LogP contribution in [0.1, 0.15) is 19.3 Å². The van der Waals surface area contributed by atoms with Crippen LogP contribution < -0.4 is 10.6 Å². The Morgan fingerprint density at radius 1 is 0.968 bits per heavy atom. The van der Waals surface area contributed by atoms with Crippen LogP contribution in [0.5, 0.6) is 0 Å². The molecule has 13 nitrogen and oxygen atoms in total. The molecule has 0 saturated heterocycles. The smallest absolute Gasteiger partial charge is 0.376 e. The fraction of sp³-hybridized carbons (Fsp3) is 0.882. The molecule has 0 aromatic heterocycles. The molecule has 31 heavy (non-hydrogen) atoms. The van der Waals surface area contributed by atoms with Crippen LogP contribution in [-0.4, -0.2) is 134 Å². The van der Waals surface area contributed by atoms with E-state index in [4.69, 9.17) is 10.2 Å². The third kappa shape index (κ3) is 12.9. The first-order valence-electron chi connectivity index (χ1n) is 10.1. The van der Waals surface area contributed by atoms with Crippen molar-refractivity contribution in [2.24, 2.45) is 0 Å². The first-order valence-corrected chi connectivity index (χ1v) is 10.1. The molecule has 0 aliphatic rings. The van der Waals surface area contributed by atoms with E-state index in [0.29, 0.717) is 0 Å². The first kappa shape index (κ1) is 29.6. The standard InChI is InChI=1S/C17H36BN3O10/c1-18(31)21(5-3-19-14(27)9-11(24)8-12(25)10-23)6-4-20-17(30)16(29)15(28)13(26)2-7-22/h11-13,15-16,22-26,28-29,31H,2-10H2,1H3,(H,19,27)(H,20,30)/t11-,12+,13-,15+,16-/m1/s1. The van der Waals surface area contributed by atoms with Gasteiger partial charge in [-0.15, -0.1) is 0 Å². The number of carbonyl (C=O) groups excluding carboxylic acids is 2. The molecule has 0 spiro atoms. The predicted molar refractivity (Wildman–Crippen MR) is 109 cm³/mol. The Labute approximate surface area is 181 Å². The van der Waals surface area contributed by atoms with E-state index in [9.17, 15) is 40.1 Å². The lowest BCUT2D eigenvalue weighted by Crippen LogP contribution is -2.50. The largest absolute Gasteiger partial charge is 0.437 e. The summed E-state index contributed by atoms with van der Waals surface area (Å²) >= 11 is 0. The number of carbonyl (C=O) groups is 2. The minimum absolute atomic E-state index is 0.00465. The Hall–Kier alpha value is -1.36. The van der Waals surface area contributed by atoms with Crippen LogP contribution in [0, 0.1) is 0 Å². The van der Waals surface area contributed by atoms with E-state index in [1.807, 2.05) is 0 Å². The van der Waals surface area contributed by atoms with E-state index in [-0.39, 0.29) is 45.4 Å². The number of rotatable bonds is 17. The molecule has 0 saturated carbocycles. The van der Waals surface area contributed by atoms with Gasteiger partial charge in [-0.3, -0.25) is 9.59 Å². The zero-order chi connectivity index (χ0) is 24.0. The zero-order valence-corrected chi connectivity index (χ0v) is 17.7. The highest BCUT2D eigenvalue weighted by molar-refractivity contribution is 6.45. The van der Waals surface area contributed by atoms with Gasteiger partial charge in [0.2, 0.25) is 5.91 Å². The highest BCUT2D eigenvalue weighted by Crippen LogP contribution is 2.04. The van der Waals surface area contributed by atoms with Crippen molar-refractivity contribution in [1.82, 2.24) is 15.4 Å². The third-order valence-electron chi connectivity index (χ3n) is 4.54. The van der Waals surface area contributed by atoms with Gasteiger partial charge in [0, 0.05) is 39.2 Å². The van der Waals surface area contributed by atoms with Crippen LogP contribution in [0.4, 0.5) is 0 Å². The Morgan fingerprint density at radius 3 is 2.06 bits per heavy atom. The number of nitrogens with one attached hydrogen (secondary N) is 2. The SMILES string of the molecule is CB(O)N(CCNC(=O)C[C@H](O)C[C@H](O)CO)CCNC(=O)[C@H](O)[C@@H](O)[C@H](O)CCO. The molecule has 0 fully saturated rings. The Kier molecular flexibility index (Phi) is 15.6. The summed E-state index contributed by atoms with van der Waals surface area (Å²) in [6.45, 7) is 1.01. The fourth-order valence-electron chi connectivity index (χ4n) is 2.68. The molecule has 0 bridgehead atoms. The molecular formula is C17H36BN3O10. The second-order valence-electron chi connectivity index (χ2n) is 7.25. The summed E-state index contributed by atoms with van der Waals surface area (Å²) in [4.78, 5) is 25.1. The monoisotopic (exact) mass is 453 g/mol. The highest BCUT2D eigenvalue weighted by atomic mass is 16.4. The lowest BCUT2D eigenvalue weighted by Gasteiger charge is -2.25. The lowest BCUT2D eigenvalue weighted by atomic mass is 9.85. The Balaban J connectivity index is 4.30. The van der Waals surface area contributed by atoms with Gasteiger partial charge >= 0.3 is 7.05 Å². The van der Waals surface area contributed by atoms with E-state index in [2.05, 4.69) is 10.6 Å². The molecule has 0 aliphatic carbocycles. The molecule has 0 aromatic rings. The number of hydrogen-bond acceptors (Lipinski definition) is 11. The summed E-state index contributed by atoms with van der Waals surface area (Å²) in [7, 11) is -0.916. The van der Waals surface area contributed by atoms with Gasteiger partial charge in [0.05, 0.1) is 31.3 Å².